The van der Waals surface area contributed by atoms with Crippen molar-refractivity contribution >= 4 is 15.9 Å². The van der Waals surface area contributed by atoms with Gasteiger partial charge in [-0.05, 0) is 46.1 Å². The van der Waals surface area contributed by atoms with Crippen molar-refractivity contribution in [2.75, 3.05) is 13.7 Å². The highest BCUT2D eigenvalue weighted by Gasteiger charge is 2.02. The van der Waals surface area contributed by atoms with Crippen LogP contribution < -0.4 is 10.1 Å². The third-order valence-electron chi connectivity index (χ3n) is 2.74. The van der Waals surface area contributed by atoms with E-state index in [1.165, 1.54) is 12.0 Å². The van der Waals surface area contributed by atoms with E-state index in [-0.39, 0.29) is 0 Å². The van der Waals surface area contributed by atoms with E-state index < -0.39 is 0 Å². The minimum absolute atomic E-state index is 0.738. The second-order valence-electron chi connectivity index (χ2n) is 4.11. The van der Waals surface area contributed by atoms with Gasteiger partial charge in [-0.25, -0.2) is 0 Å². The number of ether oxygens (including phenoxy) is 1. The Kier molecular flexibility index (Phi) is 5.85. The maximum absolute atomic E-state index is 5.19. The van der Waals surface area contributed by atoms with Crippen molar-refractivity contribution in [1.82, 2.24) is 5.32 Å². The smallest absolute Gasteiger partial charge is 0.133 e. The van der Waals surface area contributed by atoms with E-state index in [1.54, 1.807) is 7.11 Å². The van der Waals surface area contributed by atoms with Gasteiger partial charge in [-0.2, -0.15) is 0 Å². The predicted molar refractivity (Wildman–Crippen MR) is 71.9 cm³/mol. The van der Waals surface area contributed by atoms with Gasteiger partial charge in [0.15, 0.2) is 0 Å². The molecular weight excluding hydrogens is 266 g/mol. The molecule has 0 bridgehead atoms. The maximum Gasteiger partial charge on any atom is 0.133 e. The van der Waals surface area contributed by atoms with E-state index in [4.69, 9.17) is 4.74 Å². The molecule has 2 nitrogen and oxygen atoms in total. The lowest BCUT2D eigenvalue weighted by molar-refractivity contribution is 0.412. The Morgan fingerprint density at radius 1 is 1.44 bits per heavy atom. The molecule has 1 aromatic carbocycles. The molecule has 0 fully saturated rings. The zero-order valence-corrected chi connectivity index (χ0v) is 11.8. The molecule has 1 N–H and O–H groups in total. The summed E-state index contributed by atoms with van der Waals surface area (Å²) in [5.74, 6) is 1.62. The van der Waals surface area contributed by atoms with Crippen molar-refractivity contribution in [3.05, 3.63) is 28.2 Å². The number of halogens is 1. The lowest BCUT2D eigenvalue weighted by atomic mass is 10.1. The predicted octanol–water partition coefficient (Wildman–Crippen LogP) is 3.59. The van der Waals surface area contributed by atoms with Gasteiger partial charge < -0.3 is 10.1 Å². The number of rotatable bonds is 6. The van der Waals surface area contributed by atoms with Gasteiger partial charge in [-0.15, -0.1) is 0 Å². The van der Waals surface area contributed by atoms with E-state index in [9.17, 15) is 0 Å². The molecule has 0 radical (unpaired) electrons. The molecule has 0 aliphatic heterocycles. The van der Waals surface area contributed by atoms with Crippen LogP contribution in [-0.4, -0.2) is 13.7 Å². The summed E-state index contributed by atoms with van der Waals surface area (Å²) in [5, 5.41) is 3.46. The quantitative estimate of drug-likeness (QED) is 0.862. The van der Waals surface area contributed by atoms with Crippen LogP contribution in [0.5, 0.6) is 5.75 Å². The Morgan fingerprint density at radius 2 is 2.19 bits per heavy atom. The van der Waals surface area contributed by atoms with Gasteiger partial charge in [0.05, 0.1) is 11.6 Å². The van der Waals surface area contributed by atoms with Crippen molar-refractivity contribution in [3.8, 4) is 5.75 Å². The van der Waals surface area contributed by atoms with Crippen LogP contribution in [0.25, 0.3) is 0 Å². The summed E-state index contributed by atoms with van der Waals surface area (Å²) in [7, 11) is 1.68. The molecule has 1 rings (SSSR count). The van der Waals surface area contributed by atoms with Crippen molar-refractivity contribution in [3.63, 3.8) is 0 Å². The number of hydrogen-bond acceptors (Lipinski definition) is 2. The largest absolute Gasteiger partial charge is 0.496 e. The Bertz CT molecular complexity index is 328. The summed E-state index contributed by atoms with van der Waals surface area (Å²) in [6, 6.07) is 6.18. The first-order valence-corrected chi connectivity index (χ1v) is 6.49. The van der Waals surface area contributed by atoms with Gasteiger partial charge >= 0.3 is 0 Å². The third-order valence-corrected chi connectivity index (χ3v) is 3.35. The van der Waals surface area contributed by atoms with Crippen LogP contribution in [0, 0.1) is 5.92 Å². The lowest BCUT2D eigenvalue weighted by Crippen LogP contribution is -2.20. The Hall–Kier alpha value is -0.540. The summed E-state index contributed by atoms with van der Waals surface area (Å²) < 4.78 is 6.20. The summed E-state index contributed by atoms with van der Waals surface area (Å²) in [6.45, 7) is 6.46. The summed E-state index contributed by atoms with van der Waals surface area (Å²) in [5.41, 5.74) is 1.27. The van der Waals surface area contributed by atoms with Crippen LogP contribution in [0.1, 0.15) is 25.8 Å². The zero-order chi connectivity index (χ0) is 12.0. The minimum atomic E-state index is 0.738. The number of nitrogens with one attached hydrogen (secondary N) is 1. The lowest BCUT2D eigenvalue weighted by Gasteiger charge is -2.11. The van der Waals surface area contributed by atoms with Crippen LogP contribution >= 0.6 is 15.9 Å². The molecular formula is C13H20BrNO. The highest BCUT2D eigenvalue weighted by Crippen LogP contribution is 2.25. The van der Waals surface area contributed by atoms with Gasteiger partial charge in [0, 0.05) is 6.54 Å². The molecule has 1 atom stereocenters. The fraction of sp³-hybridized carbons (Fsp3) is 0.538. The van der Waals surface area contributed by atoms with E-state index in [2.05, 4.69) is 47.2 Å². The third kappa shape index (κ3) is 4.14. The van der Waals surface area contributed by atoms with Gasteiger partial charge in [0.1, 0.15) is 5.75 Å². The molecule has 90 valence electrons. The van der Waals surface area contributed by atoms with Gasteiger partial charge in [-0.3, -0.25) is 0 Å². The molecule has 3 heteroatoms. The Balaban J connectivity index is 2.46. The van der Waals surface area contributed by atoms with Crippen LogP contribution in [-0.2, 0) is 6.54 Å². The fourth-order valence-electron chi connectivity index (χ4n) is 1.43. The molecule has 1 aromatic rings. The van der Waals surface area contributed by atoms with Crippen molar-refractivity contribution in [1.29, 1.82) is 0 Å². The number of benzene rings is 1. The van der Waals surface area contributed by atoms with Crippen molar-refractivity contribution in [2.24, 2.45) is 5.92 Å². The molecule has 16 heavy (non-hydrogen) atoms. The Labute approximate surface area is 107 Å². The first kappa shape index (κ1) is 13.5. The fourth-order valence-corrected chi connectivity index (χ4v) is 2.02. The van der Waals surface area contributed by atoms with E-state index in [0.717, 1.165) is 29.2 Å². The van der Waals surface area contributed by atoms with Crippen molar-refractivity contribution in [2.45, 2.75) is 26.8 Å². The van der Waals surface area contributed by atoms with Crippen LogP contribution in [0.15, 0.2) is 22.7 Å². The zero-order valence-electron chi connectivity index (χ0n) is 10.2. The molecule has 0 saturated carbocycles. The topological polar surface area (TPSA) is 21.3 Å². The average molecular weight is 286 g/mol. The second-order valence-corrected chi connectivity index (χ2v) is 4.97. The van der Waals surface area contributed by atoms with Gasteiger partial charge in [0.2, 0.25) is 0 Å². The van der Waals surface area contributed by atoms with Gasteiger partial charge in [0.25, 0.3) is 0 Å². The van der Waals surface area contributed by atoms with E-state index in [1.807, 2.05) is 6.07 Å². The van der Waals surface area contributed by atoms with E-state index in [0.29, 0.717) is 0 Å². The summed E-state index contributed by atoms with van der Waals surface area (Å²) in [4.78, 5) is 0. The highest BCUT2D eigenvalue weighted by atomic mass is 79.9. The van der Waals surface area contributed by atoms with Gasteiger partial charge in [-0.1, -0.05) is 26.3 Å². The second kappa shape index (κ2) is 6.92. The molecule has 0 heterocycles. The van der Waals surface area contributed by atoms with Crippen molar-refractivity contribution < 1.29 is 4.74 Å². The summed E-state index contributed by atoms with van der Waals surface area (Å²) in [6.07, 6.45) is 1.22. The van der Waals surface area contributed by atoms with Crippen LogP contribution in [0.4, 0.5) is 0 Å². The molecule has 0 aromatic heterocycles. The standard InChI is InChI=1S/C13H20BrNO/c1-4-10(2)8-15-9-11-5-6-13(16-3)12(14)7-11/h5-7,10,15H,4,8-9H2,1-3H3. The molecule has 0 aliphatic rings. The molecule has 1 unspecified atom stereocenters. The average Bonchev–Trinajstić information content (AvgIpc) is 2.29. The first-order valence-electron chi connectivity index (χ1n) is 5.70. The molecule has 0 aliphatic carbocycles. The monoisotopic (exact) mass is 285 g/mol. The SMILES string of the molecule is CCC(C)CNCc1ccc(OC)c(Br)c1. The number of hydrogen-bond donors (Lipinski definition) is 1. The first-order chi connectivity index (χ1) is 7.67. The molecule has 0 saturated heterocycles. The van der Waals surface area contributed by atoms with Crippen LogP contribution in [0.2, 0.25) is 0 Å². The van der Waals surface area contributed by atoms with Crippen LogP contribution in [0.3, 0.4) is 0 Å². The van der Waals surface area contributed by atoms with E-state index >= 15 is 0 Å². The highest BCUT2D eigenvalue weighted by molar-refractivity contribution is 9.10. The summed E-state index contributed by atoms with van der Waals surface area (Å²) >= 11 is 3.49. The molecule has 0 amide bonds. The minimum Gasteiger partial charge on any atom is -0.496 e. The molecule has 0 spiro atoms. The number of methoxy groups -OCH3 is 1. The normalized spacial score (nSPS) is 12.5. The maximum atomic E-state index is 5.19. The Morgan fingerprint density at radius 3 is 2.75 bits per heavy atom.